The Morgan fingerprint density at radius 2 is 1.57 bits per heavy atom. The summed E-state index contributed by atoms with van der Waals surface area (Å²) in [7, 11) is 1.49. The van der Waals surface area contributed by atoms with Gasteiger partial charge in [0.05, 0.1) is 0 Å². The molecule has 0 heterocycles. The first-order valence-corrected chi connectivity index (χ1v) is 12.5. The van der Waals surface area contributed by atoms with Gasteiger partial charge in [-0.15, -0.1) is 0 Å². The van der Waals surface area contributed by atoms with Crippen LogP contribution in [0.1, 0.15) is 62.5 Å². The Hall–Kier alpha value is -3.35. The number of carboxylic acids is 1. The number of nitrogens with one attached hydrogen (secondary N) is 1. The van der Waals surface area contributed by atoms with Crippen molar-refractivity contribution in [3.05, 3.63) is 59.7 Å². The molecule has 35 heavy (non-hydrogen) atoms. The van der Waals surface area contributed by atoms with E-state index in [1.54, 1.807) is 0 Å². The molecule has 2 N–H and O–H groups in total. The van der Waals surface area contributed by atoms with Crippen LogP contribution in [-0.2, 0) is 14.3 Å². The third kappa shape index (κ3) is 5.50. The summed E-state index contributed by atoms with van der Waals surface area (Å²) in [5.74, 6) is -1.22. The van der Waals surface area contributed by atoms with E-state index in [4.69, 9.17) is 4.74 Å². The first kappa shape index (κ1) is 24.8. The van der Waals surface area contributed by atoms with Crippen molar-refractivity contribution in [3.63, 3.8) is 0 Å². The molecule has 0 spiro atoms. The van der Waals surface area contributed by atoms with E-state index in [9.17, 15) is 19.5 Å². The minimum absolute atomic E-state index is 0.0366. The number of likely N-dealkylation sites (N-methyl/N-ethyl adjacent to an activating group) is 1. The molecule has 0 radical (unpaired) electrons. The van der Waals surface area contributed by atoms with Crippen LogP contribution in [0.5, 0.6) is 0 Å². The monoisotopic (exact) mass is 478 g/mol. The average Bonchev–Trinajstić information content (AvgIpc) is 3.20. The highest BCUT2D eigenvalue weighted by molar-refractivity contribution is 5.84. The molecule has 4 rings (SSSR count). The lowest BCUT2D eigenvalue weighted by Gasteiger charge is -2.32. The second-order valence-electron chi connectivity index (χ2n) is 9.70. The fraction of sp³-hybridized carbons (Fsp3) is 0.464. The van der Waals surface area contributed by atoms with Crippen LogP contribution in [0.25, 0.3) is 11.1 Å². The summed E-state index contributed by atoms with van der Waals surface area (Å²) < 4.78 is 5.72. The second-order valence-corrected chi connectivity index (χ2v) is 9.70. The van der Waals surface area contributed by atoms with Crippen LogP contribution in [0.2, 0.25) is 0 Å². The molecule has 1 unspecified atom stereocenters. The number of alkyl carbamates (subject to hydrolysis) is 1. The van der Waals surface area contributed by atoms with Gasteiger partial charge in [-0.3, -0.25) is 4.79 Å². The number of hydrogen-bond donors (Lipinski definition) is 2. The van der Waals surface area contributed by atoms with Crippen LogP contribution >= 0.6 is 0 Å². The number of rotatable bonds is 8. The summed E-state index contributed by atoms with van der Waals surface area (Å²) in [5.41, 5.74) is 4.62. The lowest BCUT2D eigenvalue weighted by molar-refractivity contribution is -0.148. The number of hydrogen-bond acceptors (Lipinski definition) is 4. The molecule has 2 aliphatic carbocycles. The summed E-state index contributed by atoms with van der Waals surface area (Å²) in [6.07, 6.45) is 4.65. The Morgan fingerprint density at radius 3 is 2.14 bits per heavy atom. The van der Waals surface area contributed by atoms with Crippen LogP contribution in [0, 0.1) is 5.92 Å². The fourth-order valence-electron chi connectivity index (χ4n) is 5.38. The van der Waals surface area contributed by atoms with Gasteiger partial charge in [0.25, 0.3) is 0 Å². The highest BCUT2D eigenvalue weighted by Gasteiger charge is 2.32. The molecular weight excluding hydrogens is 444 g/mol. The van der Waals surface area contributed by atoms with Crippen molar-refractivity contribution >= 4 is 18.0 Å². The topological polar surface area (TPSA) is 95.9 Å². The Kier molecular flexibility index (Phi) is 7.73. The smallest absolute Gasteiger partial charge is 0.407 e. The molecule has 7 nitrogen and oxygen atoms in total. The molecule has 2 amide bonds. The van der Waals surface area contributed by atoms with Crippen molar-refractivity contribution in [1.29, 1.82) is 0 Å². The Labute approximate surface area is 206 Å². The molecule has 186 valence electrons. The summed E-state index contributed by atoms with van der Waals surface area (Å²) >= 11 is 0. The molecule has 2 aromatic rings. The number of fused-ring (bicyclic) bond motifs is 3. The van der Waals surface area contributed by atoms with E-state index >= 15 is 0 Å². The van der Waals surface area contributed by atoms with E-state index in [1.807, 2.05) is 24.3 Å². The Morgan fingerprint density at radius 1 is 1.00 bits per heavy atom. The van der Waals surface area contributed by atoms with Crippen molar-refractivity contribution < 1.29 is 24.2 Å². The van der Waals surface area contributed by atoms with E-state index < -0.39 is 18.1 Å². The summed E-state index contributed by atoms with van der Waals surface area (Å²) in [4.78, 5) is 38.3. The van der Waals surface area contributed by atoms with Crippen molar-refractivity contribution in [2.24, 2.45) is 5.92 Å². The van der Waals surface area contributed by atoms with Gasteiger partial charge < -0.3 is 20.1 Å². The molecule has 2 atom stereocenters. The van der Waals surface area contributed by atoms with Crippen LogP contribution in [0.15, 0.2) is 48.5 Å². The van der Waals surface area contributed by atoms with Gasteiger partial charge in [-0.05, 0) is 47.9 Å². The molecule has 1 saturated carbocycles. The van der Waals surface area contributed by atoms with Crippen LogP contribution in [0.4, 0.5) is 4.79 Å². The van der Waals surface area contributed by atoms with Crippen molar-refractivity contribution in [2.75, 3.05) is 13.7 Å². The molecule has 2 aliphatic rings. The van der Waals surface area contributed by atoms with Gasteiger partial charge in [-0.1, -0.05) is 67.8 Å². The molecule has 7 heteroatoms. The number of nitrogens with zero attached hydrogens (tertiary/aromatic N) is 1. The van der Waals surface area contributed by atoms with Gasteiger partial charge in [-0.2, -0.15) is 0 Å². The van der Waals surface area contributed by atoms with E-state index in [0.29, 0.717) is 0 Å². The summed E-state index contributed by atoms with van der Waals surface area (Å²) in [5, 5.41) is 12.2. The van der Waals surface area contributed by atoms with Gasteiger partial charge in [0.2, 0.25) is 5.91 Å². The maximum Gasteiger partial charge on any atom is 0.407 e. The lowest BCUT2D eigenvalue weighted by Crippen LogP contribution is -2.47. The van der Waals surface area contributed by atoms with E-state index in [2.05, 4.69) is 29.6 Å². The number of carbonyl (C=O) groups excluding carboxylic acids is 2. The number of ether oxygens (including phenoxy) is 1. The number of carboxylic acid groups (broad SMARTS) is 1. The Bertz CT molecular complexity index is 1030. The predicted octanol–water partition coefficient (Wildman–Crippen LogP) is 4.80. The second kappa shape index (κ2) is 10.9. The minimum Gasteiger partial charge on any atom is -0.480 e. The molecule has 2 aromatic carbocycles. The average molecular weight is 479 g/mol. The molecule has 0 bridgehead atoms. The maximum absolute atomic E-state index is 12.9. The maximum atomic E-state index is 12.9. The summed E-state index contributed by atoms with van der Waals surface area (Å²) in [6, 6.07) is 15.0. The largest absolute Gasteiger partial charge is 0.480 e. The van der Waals surface area contributed by atoms with Crippen LogP contribution in [0.3, 0.4) is 0 Å². The zero-order chi connectivity index (χ0) is 24.9. The van der Waals surface area contributed by atoms with Crippen LogP contribution < -0.4 is 5.32 Å². The predicted molar refractivity (Wildman–Crippen MR) is 133 cm³/mol. The standard InChI is InChI=1S/C28H34N2O5/c1-18(27(32)33)30(2)26(31)16-25(19-10-4-3-5-11-19)29-28(34)35-17-24-22-14-8-6-12-20(22)21-13-7-9-15-23(21)24/h6-9,12-15,18-19,24-25H,3-5,10-11,16-17H2,1-2H3,(H,29,34)(H,32,33)/t18-,25?/m0/s1. The van der Waals surface area contributed by atoms with Crippen molar-refractivity contribution in [1.82, 2.24) is 10.2 Å². The van der Waals surface area contributed by atoms with E-state index in [1.165, 1.54) is 30.0 Å². The van der Waals surface area contributed by atoms with E-state index in [-0.39, 0.29) is 36.8 Å². The van der Waals surface area contributed by atoms with E-state index in [0.717, 1.165) is 43.2 Å². The fourth-order valence-corrected chi connectivity index (χ4v) is 5.38. The Balaban J connectivity index is 1.43. The first-order chi connectivity index (χ1) is 16.9. The molecule has 0 saturated heterocycles. The normalized spacial score (nSPS) is 17.1. The lowest BCUT2D eigenvalue weighted by atomic mass is 9.82. The van der Waals surface area contributed by atoms with Crippen LogP contribution in [-0.4, -0.2) is 53.7 Å². The highest BCUT2D eigenvalue weighted by Crippen LogP contribution is 2.44. The molecule has 0 aromatic heterocycles. The molecular formula is C28H34N2O5. The van der Waals surface area contributed by atoms with Gasteiger partial charge in [-0.25, -0.2) is 9.59 Å². The van der Waals surface area contributed by atoms with Gasteiger partial charge in [0.15, 0.2) is 0 Å². The zero-order valence-corrected chi connectivity index (χ0v) is 20.4. The summed E-state index contributed by atoms with van der Waals surface area (Å²) in [6.45, 7) is 1.69. The molecule has 1 fully saturated rings. The van der Waals surface area contributed by atoms with Gasteiger partial charge in [0.1, 0.15) is 12.6 Å². The first-order valence-electron chi connectivity index (χ1n) is 12.5. The number of benzene rings is 2. The SMILES string of the molecule is C[C@@H](C(=O)O)N(C)C(=O)CC(NC(=O)OCC1c2ccccc2-c2ccccc21)C1CCCCC1. The third-order valence-electron chi connectivity index (χ3n) is 7.59. The number of carbonyl (C=O) groups is 3. The third-order valence-corrected chi connectivity index (χ3v) is 7.59. The quantitative estimate of drug-likeness (QED) is 0.568. The number of aliphatic carboxylic acids is 1. The zero-order valence-electron chi connectivity index (χ0n) is 20.4. The van der Waals surface area contributed by atoms with Gasteiger partial charge in [0, 0.05) is 25.4 Å². The van der Waals surface area contributed by atoms with Crippen molar-refractivity contribution in [2.45, 2.75) is 63.5 Å². The highest BCUT2D eigenvalue weighted by atomic mass is 16.5. The molecule has 0 aliphatic heterocycles. The minimum atomic E-state index is -1.06. The van der Waals surface area contributed by atoms with Gasteiger partial charge >= 0.3 is 12.1 Å². The number of amides is 2. The van der Waals surface area contributed by atoms with Crippen molar-refractivity contribution in [3.8, 4) is 11.1 Å².